The molecule has 16 heavy (non-hydrogen) atoms. The molecule has 0 N–H and O–H groups in total. The number of hydrogen-bond acceptors (Lipinski definition) is 0. The fourth-order valence-corrected chi connectivity index (χ4v) is 4.45. The van der Waals surface area contributed by atoms with E-state index in [0.29, 0.717) is 4.32 Å². The predicted molar refractivity (Wildman–Crippen MR) is 71.1 cm³/mol. The average molecular weight is 273 g/mol. The van der Waals surface area contributed by atoms with Crippen LogP contribution in [0.4, 0.5) is 0 Å². The van der Waals surface area contributed by atoms with Crippen molar-refractivity contribution in [3.05, 3.63) is 47.5 Å². The van der Waals surface area contributed by atoms with E-state index in [1.165, 1.54) is 30.0 Å². The fraction of sp³-hybridized carbons (Fsp3) is 0.333. The van der Waals surface area contributed by atoms with E-state index >= 15 is 0 Å². The highest BCUT2D eigenvalue weighted by molar-refractivity contribution is 9.09. The Labute approximate surface area is 104 Å². The van der Waals surface area contributed by atoms with Gasteiger partial charge in [0, 0.05) is 0 Å². The lowest BCUT2D eigenvalue weighted by Crippen LogP contribution is -2.11. The lowest BCUT2D eigenvalue weighted by atomic mass is 9.89. The summed E-state index contributed by atoms with van der Waals surface area (Å²) in [4.78, 5) is 0. The van der Waals surface area contributed by atoms with E-state index in [4.69, 9.17) is 0 Å². The maximum Gasteiger partial charge on any atom is 0.0515 e. The van der Waals surface area contributed by atoms with Gasteiger partial charge in [0.05, 0.1) is 4.32 Å². The number of benzene rings is 2. The first-order valence-electron chi connectivity index (χ1n) is 5.98. The first-order valence-corrected chi connectivity index (χ1v) is 6.78. The molecule has 2 unspecified atom stereocenters. The molecule has 2 aliphatic rings. The van der Waals surface area contributed by atoms with Crippen LogP contribution in [0.3, 0.4) is 0 Å². The Hall–Kier alpha value is -0.820. The Kier molecular flexibility index (Phi) is 1.67. The minimum Gasteiger partial charge on any atom is -0.0801 e. The van der Waals surface area contributed by atoms with E-state index in [-0.39, 0.29) is 0 Å². The molecular weight excluding hydrogens is 260 g/mol. The molecule has 0 spiro atoms. The van der Waals surface area contributed by atoms with Crippen molar-refractivity contribution in [3.63, 3.8) is 0 Å². The van der Waals surface area contributed by atoms with Gasteiger partial charge in [0.25, 0.3) is 0 Å². The SMILES string of the molecule is BrC12CCC(C1)c1cc3ccccc3cc12. The molecule has 0 aliphatic heterocycles. The molecule has 4 rings (SSSR count). The molecule has 1 fully saturated rings. The molecule has 1 heteroatoms. The Balaban J connectivity index is 2.08. The van der Waals surface area contributed by atoms with Gasteiger partial charge in [-0.1, -0.05) is 46.3 Å². The summed E-state index contributed by atoms with van der Waals surface area (Å²) >= 11 is 3.97. The zero-order valence-electron chi connectivity index (χ0n) is 9.04. The van der Waals surface area contributed by atoms with Gasteiger partial charge in [0.15, 0.2) is 0 Å². The normalized spacial score (nSPS) is 30.9. The lowest BCUT2D eigenvalue weighted by molar-refractivity contribution is 0.682. The Morgan fingerprint density at radius 2 is 1.88 bits per heavy atom. The molecule has 0 radical (unpaired) electrons. The fourth-order valence-electron chi connectivity index (χ4n) is 3.49. The molecule has 2 atom stereocenters. The first-order chi connectivity index (χ1) is 7.76. The van der Waals surface area contributed by atoms with Crippen molar-refractivity contribution in [2.24, 2.45) is 0 Å². The van der Waals surface area contributed by atoms with Crippen LogP contribution in [0.2, 0.25) is 0 Å². The monoisotopic (exact) mass is 272 g/mol. The second-order valence-corrected chi connectivity index (χ2v) is 6.71. The maximum atomic E-state index is 3.97. The Bertz CT molecular complexity index is 587. The highest BCUT2D eigenvalue weighted by Crippen LogP contribution is 2.60. The van der Waals surface area contributed by atoms with Gasteiger partial charge >= 0.3 is 0 Å². The standard InChI is InChI=1S/C15H13Br/c16-15-6-5-12(9-15)13-7-10-3-1-2-4-11(10)8-14(13)15/h1-4,7-8,12H,5-6,9H2. The molecule has 2 aromatic carbocycles. The van der Waals surface area contributed by atoms with Gasteiger partial charge in [0.1, 0.15) is 0 Å². The number of alkyl halides is 1. The molecule has 0 heterocycles. The van der Waals surface area contributed by atoms with Gasteiger partial charge in [-0.2, -0.15) is 0 Å². The van der Waals surface area contributed by atoms with Crippen LogP contribution in [-0.4, -0.2) is 0 Å². The zero-order valence-corrected chi connectivity index (χ0v) is 10.6. The number of halogens is 1. The summed E-state index contributed by atoms with van der Waals surface area (Å²) < 4.78 is 0.303. The van der Waals surface area contributed by atoms with E-state index in [9.17, 15) is 0 Å². The van der Waals surface area contributed by atoms with Crippen LogP contribution in [0.15, 0.2) is 36.4 Å². The van der Waals surface area contributed by atoms with Crippen LogP contribution < -0.4 is 0 Å². The first kappa shape index (κ1) is 9.23. The van der Waals surface area contributed by atoms with Gasteiger partial charge in [0.2, 0.25) is 0 Å². The molecule has 0 amide bonds. The van der Waals surface area contributed by atoms with Crippen molar-refractivity contribution in [3.8, 4) is 0 Å². The van der Waals surface area contributed by atoms with Crippen LogP contribution in [0.1, 0.15) is 36.3 Å². The van der Waals surface area contributed by atoms with Crippen LogP contribution >= 0.6 is 15.9 Å². The van der Waals surface area contributed by atoms with Gasteiger partial charge in [-0.25, -0.2) is 0 Å². The van der Waals surface area contributed by atoms with Crippen LogP contribution in [0.25, 0.3) is 10.8 Å². The van der Waals surface area contributed by atoms with Crippen LogP contribution in [-0.2, 0) is 4.32 Å². The Morgan fingerprint density at radius 1 is 1.12 bits per heavy atom. The second-order valence-electron chi connectivity index (χ2n) is 5.19. The van der Waals surface area contributed by atoms with Crippen molar-refractivity contribution in [1.82, 2.24) is 0 Å². The summed E-state index contributed by atoms with van der Waals surface area (Å²) in [6.07, 6.45) is 3.97. The zero-order chi connectivity index (χ0) is 10.8. The van der Waals surface area contributed by atoms with Crippen molar-refractivity contribution in [2.45, 2.75) is 29.5 Å². The minimum absolute atomic E-state index is 0.303. The van der Waals surface area contributed by atoms with Gasteiger partial charge in [-0.05, 0) is 53.1 Å². The molecule has 2 bridgehead atoms. The van der Waals surface area contributed by atoms with E-state index in [1.807, 2.05) is 0 Å². The van der Waals surface area contributed by atoms with E-state index < -0.39 is 0 Å². The molecule has 0 aromatic heterocycles. The molecular formula is C15H13Br. The molecule has 2 aromatic rings. The predicted octanol–water partition coefficient (Wildman–Crippen LogP) is 4.71. The Morgan fingerprint density at radius 3 is 2.69 bits per heavy atom. The van der Waals surface area contributed by atoms with Crippen molar-refractivity contribution >= 4 is 26.7 Å². The summed E-state index contributed by atoms with van der Waals surface area (Å²) in [6, 6.07) is 13.5. The van der Waals surface area contributed by atoms with Crippen molar-refractivity contribution in [1.29, 1.82) is 0 Å². The van der Waals surface area contributed by atoms with Gasteiger partial charge in [-0.3, -0.25) is 0 Å². The highest BCUT2D eigenvalue weighted by atomic mass is 79.9. The summed E-state index contributed by atoms with van der Waals surface area (Å²) in [5.41, 5.74) is 3.16. The lowest BCUT2D eigenvalue weighted by Gasteiger charge is -2.22. The van der Waals surface area contributed by atoms with E-state index in [0.717, 1.165) is 5.92 Å². The highest BCUT2D eigenvalue weighted by Gasteiger charge is 2.47. The molecule has 2 aliphatic carbocycles. The second kappa shape index (κ2) is 2.89. The van der Waals surface area contributed by atoms with Crippen LogP contribution in [0, 0.1) is 0 Å². The smallest absolute Gasteiger partial charge is 0.0515 e. The molecule has 80 valence electrons. The topological polar surface area (TPSA) is 0 Å². The summed E-state index contributed by atoms with van der Waals surface area (Å²) in [7, 11) is 0. The maximum absolute atomic E-state index is 3.97. The number of hydrogen-bond donors (Lipinski definition) is 0. The average Bonchev–Trinajstić information content (AvgIpc) is 2.81. The summed E-state index contributed by atoms with van der Waals surface area (Å²) in [6.45, 7) is 0. The van der Waals surface area contributed by atoms with Crippen LogP contribution in [0.5, 0.6) is 0 Å². The van der Waals surface area contributed by atoms with E-state index in [1.54, 1.807) is 11.1 Å². The number of rotatable bonds is 0. The van der Waals surface area contributed by atoms with Crippen molar-refractivity contribution < 1.29 is 0 Å². The quantitative estimate of drug-likeness (QED) is 0.610. The third-order valence-electron chi connectivity index (χ3n) is 4.30. The molecule has 0 nitrogen and oxygen atoms in total. The van der Waals surface area contributed by atoms with Crippen molar-refractivity contribution in [2.75, 3.05) is 0 Å². The molecule has 1 saturated carbocycles. The summed E-state index contributed by atoms with van der Waals surface area (Å²) in [5, 5.41) is 2.78. The number of fused-ring (bicyclic) bond motifs is 6. The van der Waals surface area contributed by atoms with Gasteiger partial charge in [-0.15, -0.1) is 0 Å². The minimum atomic E-state index is 0.303. The summed E-state index contributed by atoms with van der Waals surface area (Å²) in [5.74, 6) is 0.805. The third kappa shape index (κ3) is 1.05. The largest absolute Gasteiger partial charge is 0.0801 e. The van der Waals surface area contributed by atoms with Gasteiger partial charge < -0.3 is 0 Å². The third-order valence-corrected chi connectivity index (χ3v) is 5.45. The molecule has 0 saturated heterocycles. The van der Waals surface area contributed by atoms with E-state index in [2.05, 4.69) is 52.3 Å².